The van der Waals surface area contributed by atoms with Gasteiger partial charge in [0.05, 0.1) is 13.2 Å². The fraction of sp³-hybridized carbons (Fsp3) is 0.588. The summed E-state index contributed by atoms with van der Waals surface area (Å²) in [6, 6.07) is 5.53. The van der Waals surface area contributed by atoms with Crippen molar-refractivity contribution in [2.24, 2.45) is 11.5 Å². The van der Waals surface area contributed by atoms with Crippen LogP contribution in [0.2, 0.25) is 0 Å². The van der Waals surface area contributed by atoms with Crippen molar-refractivity contribution in [1.29, 1.82) is 0 Å². The molecule has 14 N–H and O–H groups in total. The average molecular weight is 1010 g/mol. The molecule has 400 valence electrons. The lowest BCUT2D eigenvalue weighted by Crippen LogP contribution is -2.60. The van der Waals surface area contributed by atoms with E-state index in [0.29, 0.717) is 30.4 Å². The quantitative estimate of drug-likeness (QED) is 0.0424. The standard InChI is InChI=1S/C51H79N9O12/c1-3-4-5-6-7-8-9-10-11-12-16-22-44(64)54-32-45(65)55-34(2)46(66)56-39(27-28-43(53)63)48(68)58-40(30-35-19-14-13-15-20-35)49(69)60-42(33-61)50(70)57-38(21-17-18-29-52)47(67)59-41(51(71)72)31-36-23-25-37(62)26-24-36/h13-15,19-20,23-26,34,38-42,61-62H,3-12,16-18,21-22,27-33,52H2,1-2H3,(H2,53,63)(H,54,64)(H,55,65)(H,56,66)(H,57,70)(H,58,68)(H,59,67)(H,60,69)(H,71,72)/t34-,38-,39-,40-,41-,42-/m0/s1. The smallest absolute Gasteiger partial charge is 0.326 e. The van der Waals surface area contributed by atoms with Crippen molar-refractivity contribution < 1.29 is 58.5 Å². The monoisotopic (exact) mass is 1010 g/mol. The Kier molecular flexibility index (Phi) is 30.3. The van der Waals surface area contributed by atoms with E-state index in [1.807, 2.05) is 0 Å². The summed E-state index contributed by atoms with van der Waals surface area (Å²) in [4.78, 5) is 118. The van der Waals surface area contributed by atoms with Crippen LogP contribution in [0.4, 0.5) is 0 Å². The van der Waals surface area contributed by atoms with Gasteiger partial charge in [0.2, 0.25) is 47.3 Å². The van der Waals surface area contributed by atoms with E-state index >= 15 is 0 Å². The zero-order valence-corrected chi connectivity index (χ0v) is 41.9. The number of benzene rings is 2. The lowest BCUT2D eigenvalue weighted by atomic mass is 10.0. The van der Waals surface area contributed by atoms with E-state index in [1.54, 1.807) is 30.3 Å². The van der Waals surface area contributed by atoms with Gasteiger partial charge in [-0.1, -0.05) is 114 Å². The maximum absolute atomic E-state index is 14.0. The van der Waals surface area contributed by atoms with Gasteiger partial charge >= 0.3 is 5.97 Å². The highest BCUT2D eigenvalue weighted by atomic mass is 16.4. The molecule has 0 unspecified atom stereocenters. The summed E-state index contributed by atoms with van der Waals surface area (Å²) in [7, 11) is 0. The fourth-order valence-corrected chi connectivity index (χ4v) is 7.60. The number of carboxylic acids is 1. The highest BCUT2D eigenvalue weighted by Crippen LogP contribution is 2.14. The first-order valence-electron chi connectivity index (χ1n) is 25.2. The van der Waals surface area contributed by atoms with Gasteiger partial charge in [-0.2, -0.15) is 0 Å². The van der Waals surface area contributed by atoms with Crippen LogP contribution in [-0.2, 0) is 56.0 Å². The Bertz CT molecular complexity index is 2010. The first kappa shape index (κ1) is 61.5. The number of phenolic OH excluding ortho intramolecular Hbond substituents is 1. The third kappa shape index (κ3) is 26.0. The molecule has 0 saturated heterocycles. The molecule has 0 spiro atoms. The Balaban J connectivity index is 2.10. The first-order chi connectivity index (χ1) is 34.5. The van der Waals surface area contributed by atoms with Crippen molar-refractivity contribution in [1.82, 2.24) is 37.2 Å². The summed E-state index contributed by atoms with van der Waals surface area (Å²) in [5.41, 5.74) is 12.1. The Morgan fingerprint density at radius 2 is 1.01 bits per heavy atom. The molecule has 0 bridgehead atoms. The third-order valence-electron chi connectivity index (χ3n) is 11.8. The number of aliphatic hydroxyl groups is 1. The van der Waals surface area contributed by atoms with Crippen LogP contribution >= 0.6 is 0 Å². The lowest BCUT2D eigenvalue weighted by Gasteiger charge is -2.27. The number of hydrogen-bond acceptors (Lipinski definition) is 12. The van der Waals surface area contributed by atoms with Gasteiger partial charge in [-0.25, -0.2) is 4.79 Å². The van der Waals surface area contributed by atoms with Crippen LogP contribution in [0, 0.1) is 0 Å². The number of unbranched alkanes of at least 4 members (excludes halogenated alkanes) is 11. The molecule has 72 heavy (non-hydrogen) atoms. The number of primary amides is 1. The maximum atomic E-state index is 14.0. The molecule has 6 atom stereocenters. The number of carboxylic acid groups (broad SMARTS) is 1. The second-order valence-electron chi connectivity index (χ2n) is 18.0. The molecule has 0 fully saturated rings. The second kappa shape index (κ2) is 35.5. The van der Waals surface area contributed by atoms with Crippen molar-refractivity contribution in [2.45, 2.75) is 172 Å². The minimum absolute atomic E-state index is 0.00981. The minimum atomic E-state index is -1.69. The molecule has 2 aromatic carbocycles. The highest BCUT2D eigenvalue weighted by Gasteiger charge is 2.33. The molecule has 0 saturated carbocycles. The van der Waals surface area contributed by atoms with Crippen molar-refractivity contribution >= 4 is 53.2 Å². The minimum Gasteiger partial charge on any atom is -0.508 e. The number of hydrogen-bond donors (Lipinski definition) is 12. The Hall–Kier alpha value is -6.61. The number of nitrogens with two attached hydrogens (primary N) is 2. The summed E-state index contributed by atoms with van der Waals surface area (Å²) >= 11 is 0. The van der Waals surface area contributed by atoms with Crippen LogP contribution < -0.4 is 48.7 Å². The van der Waals surface area contributed by atoms with Gasteiger partial charge < -0.3 is 64.0 Å². The zero-order chi connectivity index (χ0) is 53.3. The number of aromatic hydroxyl groups is 1. The molecule has 21 heteroatoms. The number of amides is 8. The van der Waals surface area contributed by atoms with Crippen molar-refractivity contribution in [3.05, 3.63) is 65.7 Å². The van der Waals surface area contributed by atoms with E-state index in [9.17, 15) is 58.5 Å². The van der Waals surface area contributed by atoms with Gasteiger partial charge in [-0.3, -0.25) is 38.4 Å². The molecular weight excluding hydrogens is 931 g/mol. The number of carbonyl (C=O) groups is 9. The Morgan fingerprint density at radius 1 is 0.528 bits per heavy atom. The molecule has 0 aliphatic rings. The molecule has 8 amide bonds. The first-order valence-corrected chi connectivity index (χ1v) is 25.2. The molecule has 0 aliphatic carbocycles. The van der Waals surface area contributed by atoms with Crippen molar-refractivity contribution in [3.63, 3.8) is 0 Å². The van der Waals surface area contributed by atoms with Crippen LogP contribution in [0.3, 0.4) is 0 Å². The average Bonchev–Trinajstić information content (AvgIpc) is 3.35. The second-order valence-corrected chi connectivity index (χ2v) is 18.0. The van der Waals surface area contributed by atoms with Crippen LogP contribution in [0.25, 0.3) is 0 Å². The number of carbonyl (C=O) groups excluding carboxylic acids is 8. The van der Waals surface area contributed by atoms with Gasteiger partial charge in [-0.15, -0.1) is 0 Å². The van der Waals surface area contributed by atoms with Crippen molar-refractivity contribution in [2.75, 3.05) is 19.7 Å². The highest BCUT2D eigenvalue weighted by molar-refractivity contribution is 5.97. The Morgan fingerprint density at radius 3 is 1.58 bits per heavy atom. The third-order valence-corrected chi connectivity index (χ3v) is 11.8. The summed E-state index contributed by atoms with van der Waals surface area (Å²) in [5, 5.41) is 47.2. The van der Waals surface area contributed by atoms with E-state index in [1.165, 1.54) is 76.1 Å². The fourth-order valence-electron chi connectivity index (χ4n) is 7.60. The molecule has 2 aromatic rings. The van der Waals surface area contributed by atoms with Crippen LogP contribution in [0.5, 0.6) is 5.75 Å². The maximum Gasteiger partial charge on any atom is 0.326 e. The molecule has 0 heterocycles. The predicted molar refractivity (Wildman–Crippen MR) is 269 cm³/mol. The normalized spacial score (nSPS) is 13.4. The summed E-state index contributed by atoms with van der Waals surface area (Å²) in [6.45, 7) is 2.45. The summed E-state index contributed by atoms with van der Waals surface area (Å²) < 4.78 is 0. The van der Waals surface area contributed by atoms with Gasteiger partial charge in [0, 0.05) is 25.7 Å². The van der Waals surface area contributed by atoms with Gasteiger partial charge in [0.15, 0.2) is 0 Å². The summed E-state index contributed by atoms with van der Waals surface area (Å²) in [6.07, 6.45) is 12.5. The van der Waals surface area contributed by atoms with E-state index in [-0.39, 0.29) is 56.7 Å². The molecule has 0 aliphatic heterocycles. The Labute approximate surface area is 422 Å². The molecule has 2 rings (SSSR count). The number of phenols is 1. The van der Waals surface area contributed by atoms with E-state index in [0.717, 1.165) is 19.3 Å². The number of aliphatic carboxylic acids is 1. The summed E-state index contributed by atoms with van der Waals surface area (Å²) in [5.74, 6) is -7.77. The molecule has 0 aromatic heterocycles. The van der Waals surface area contributed by atoms with E-state index in [2.05, 4.69) is 44.1 Å². The van der Waals surface area contributed by atoms with Crippen molar-refractivity contribution in [3.8, 4) is 5.75 Å². The van der Waals surface area contributed by atoms with E-state index in [4.69, 9.17) is 11.5 Å². The van der Waals surface area contributed by atoms with Crippen LogP contribution in [0.15, 0.2) is 54.6 Å². The van der Waals surface area contributed by atoms with Crippen LogP contribution in [-0.4, -0.2) is 124 Å². The lowest BCUT2D eigenvalue weighted by molar-refractivity contribution is -0.142. The number of rotatable bonds is 38. The SMILES string of the molecule is CCCCCCCCCCCCCC(=O)NCC(=O)N[C@@H](C)C(=O)N[C@@H](CCC(N)=O)C(=O)N[C@@H](Cc1ccccc1)C(=O)N[C@@H](CO)C(=O)N[C@@H](CCCCN)C(=O)N[C@@H](Cc1ccc(O)cc1)C(=O)O. The molecular formula is C51H79N9O12. The topological polar surface area (TPSA) is 351 Å². The van der Waals surface area contributed by atoms with E-state index < -0.39 is 96.7 Å². The largest absolute Gasteiger partial charge is 0.508 e. The van der Waals surface area contributed by atoms with Gasteiger partial charge in [-0.05, 0) is 68.8 Å². The van der Waals surface area contributed by atoms with Crippen LogP contribution in [0.1, 0.15) is 134 Å². The predicted octanol–water partition coefficient (Wildman–Crippen LogP) is 1.39. The van der Waals surface area contributed by atoms with Gasteiger partial charge in [0.1, 0.15) is 42.0 Å². The number of nitrogens with one attached hydrogen (secondary N) is 7. The molecule has 21 nitrogen and oxygen atoms in total. The molecule has 0 radical (unpaired) electrons. The van der Waals surface area contributed by atoms with Gasteiger partial charge in [0.25, 0.3) is 0 Å². The number of aliphatic hydroxyl groups excluding tert-OH is 1. The zero-order valence-electron chi connectivity index (χ0n) is 41.9.